The third-order valence-electron chi connectivity index (χ3n) is 6.16. The zero-order chi connectivity index (χ0) is 25.4. The summed E-state index contributed by atoms with van der Waals surface area (Å²) in [5.74, 6) is -0.673. The molecule has 5 rings (SSSR count). The molecular formula is C25H21ClN4O6. The minimum atomic E-state index is -1.07. The van der Waals surface area contributed by atoms with Gasteiger partial charge in [-0.3, -0.25) is 14.5 Å². The van der Waals surface area contributed by atoms with Gasteiger partial charge in [0.15, 0.2) is 11.5 Å². The van der Waals surface area contributed by atoms with Crippen LogP contribution in [0.3, 0.4) is 0 Å². The predicted octanol–water partition coefficient (Wildman–Crippen LogP) is 3.52. The van der Waals surface area contributed by atoms with Crippen LogP contribution in [0.25, 0.3) is 0 Å². The van der Waals surface area contributed by atoms with Crippen molar-refractivity contribution in [3.63, 3.8) is 0 Å². The standard InChI is InChI=1S/C25H21ClN4O6/c1-2-18(24(33)34)29(11-14-6-5-9-19-20(14)36-13-35-19)21-15(10-27-25(26)28-21)12-30-22(31)16-7-3-4-8-17(16)23(30)32/h3-10,18H,2,11-13H2,1H3,(H,33,34). The lowest BCUT2D eigenvalue weighted by atomic mass is 10.1. The van der Waals surface area contributed by atoms with Gasteiger partial charge in [-0.15, -0.1) is 0 Å². The van der Waals surface area contributed by atoms with Gasteiger partial charge in [0.1, 0.15) is 11.9 Å². The molecule has 3 heterocycles. The highest BCUT2D eigenvalue weighted by Crippen LogP contribution is 2.38. The Kier molecular flexibility index (Phi) is 6.19. The van der Waals surface area contributed by atoms with Crippen molar-refractivity contribution in [2.75, 3.05) is 11.7 Å². The number of aliphatic carboxylic acids is 1. The molecule has 2 aliphatic heterocycles. The molecule has 0 saturated heterocycles. The number of nitrogens with zero attached hydrogens (tertiary/aromatic N) is 4. The van der Waals surface area contributed by atoms with Crippen molar-refractivity contribution < 1.29 is 29.0 Å². The van der Waals surface area contributed by atoms with Gasteiger partial charge in [0.25, 0.3) is 11.8 Å². The zero-order valence-corrected chi connectivity index (χ0v) is 19.9. The maximum Gasteiger partial charge on any atom is 0.326 e. The number of halogens is 1. The van der Waals surface area contributed by atoms with Gasteiger partial charge in [0, 0.05) is 23.9 Å². The van der Waals surface area contributed by atoms with E-state index in [1.807, 2.05) is 6.07 Å². The monoisotopic (exact) mass is 508 g/mol. The van der Waals surface area contributed by atoms with E-state index in [0.29, 0.717) is 33.8 Å². The van der Waals surface area contributed by atoms with E-state index in [1.165, 1.54) is 6.20 Å². The third kappa shape index (κ3) is 4.09. The molecule has 0 saturated carbocycles. The van der Waals surface area contributed by atoms with E-state index in [0.717, 1.165) is 4.90 Å². The number of aromatic nitrogens is 2. The summed E-state index contributed by atoms with van der Waals surface area (Å²) in [4.78, 5) is 49.3. The molecule has 2 aliphatic rings. The Hall–Kier alpha value is -4.18. The first kappa shape index (κ1) is 23.6. The van der Waals surface area contributed by atoms with Crippen LogP contribution in [-0.2, 0) is 17.9 Å². The molecule has 184 valence electrons. The summed E-state index contributed by atoms with van der Waals surface area (Å²) < 4.78 is 11.1. The summed E-state index contributed by atoms with van der Waals surface area (Å²) in [7, 11) is 0. The molecule has 36 heavy (non-hydrogen) atoms. The van der Waals surface area contributed by atoms with Gasteiger partial charge < -0.3 is 19.5 Å². The molecule has 2 amide bonds. The first-order valence-electron chi connectivity index (χ1n) is 11.2. The molecule has 10 nitrogen and oxygen atoms in total. The molecule has 1 N–H and O–H groups in total. The first-order valence-corrected chi connectivity index (χ1v) is 11.6. The average molecular weight is 509 g/mol. The Morgan fingerprint density at radius 3 is 2.50 bits per heavy atom. The number of carboxylic acid groups (broad SMARTS) is 1. The van der Waals surface area contributed by atoms with Crippen LogP contribution in [0.5, 0.6) is 11.5 Å². The van der Waals surface area contributed by atoms with Gasteiger partial charge in [0.05, 0.1) is 17.7 Å². The first-order chi connectivity index (χ1) is 17.4. The van der Waals surface area contributed by atoms with Crippen molar-refractivity contribution in [2.45, 2.75) is 32.5 Å². The van der Waals surface area contributed by atoms with E-state index in [-0.39, 0.29) is 37.4 Å². The van der Waals surface area contributed by atoms with Gasteiger partial charge in [-0.1, -0.05) is 31.2 Å². The van der Waals surface area contributed by atoms with Crippen LogP contribution in [0.1, 0.15) is 45.2 Å². The smallest absolute Gasteiger partial charge is 0.326 e. The number of carboxylic acids is 1. The molecule has 1 unspecified atom stereocenters. The number of carbonyl (C=O) groups excluding carboxylic acids is 2. The van der Waals surface area contributed by atoms with E-state index < -0.39 is 23.8 Å². The number of ether oxygens (including phenoxy) is 2. The van der Waals surface area contributed by atoms with Crippen LogP contribution in [0.4, 0.5) is 5.82 Å². The van der Waals surface area contributed by atoms with Crippen LogP contribution in [0, 0.1) is 0 Å². The summed E-state index contributed by atoms with van der Waals surface area (Å²) >= 11 is 6.14. The highest BCUT2D eigenvalue weighted by atomic mass is 35.5. The number of hydrogen-bond donors (Lipinski definition) is 1. The van der Waals surface area contributed by atoms with E-state index >= 15 is 0 Å². The topological polar surface area (TPSA) is 122 Å². The number of hydrogen-bond acceptors (Lipinski definition) is 8. The van der Waals surface area contributed by atoms with Crippen molar-refractivity contribution in [2.24, 2.45) is 0 Å². The SMILES string of the molecule is CCC(C(=O)O)N(Cc1cccc2c1OCO2)c1nc(Cl)ncc1CN1C(=O)c2ccccc2C1=O. The second-order valence-corrected chi connectivity index (χ2v) is 8.61. The number of amides is 2. The number of rotatable bonds is 8. The van der Waals surface area contributed by atoms with Gasteiger partial charge in [-0.2, -0.15) is 0 Å². The number of anilines is 1. The van der Waals surface area contributed by atoms with Crippen molar-refractivity contribution in [1.29, 1.82) is 0 Å². The van der Waals surface area contributed by atoms with E-state index in [2.05, 4.69) is 9.97 Å². The fraction of sp³-hybridized carbons (Fsp3) is 0.240. The van der Waals surface area contributed by atoms with Crippen molar-refractivity contribution >= 4 is 35.2 Å². The van der Waals surface area contributed by atoms with Gasteiger partial charge in [-0.05, 0) is 36.2 Å². The Balaban J connectivity index is 1.56. The highest BCUT2D eigenvalue weighted by molar-refractivity contribution is 6.28. The summed E-state index contributed by atoms with van der Waals surface area (Å²) in [6, 6.07) is 10.9. The molecule has 0 aliphatic carbocycles. The van der Waals surface area contributed by atoms with Gasteiger partial charge in [0.2, 0.25) is 12.1 Å². The van der Waals surface area contributed by atoms with Crippen molar-refractivity contribution in [1.82, 2.24) is 14.9 Å². The van der Waals surface area contributed by atoms with Crippen molar-refractivity contribution in [3.8, 4) is 11.5 Å². The minimum Gasteiger partial charge on any atom is -0.480 e. The lowest BCUT2D eigenvalue weighted by Gasteiger charge is -2.31. The van der Waals surface area contributed by atoms with Crippen LogP contribution in [0.2, 0.25) is 5.28 Å². The Morgan fingerprint density at radius 1 is 1.11 bits per heavy atom. The fourth-order valence-electron chi connectivity index (χ4n) is 4.45. The predicted molar refractivity (Wildman–Crippen MR) is 128 cm³/mol. The number of carbonyl (C=O) groups is 3. The molecule has 2 aromatic carbocycles. The lowest BCUT2D eigenvalue weighted by molar-refractivity contribution is -0.138. The largest absolute Gasteiger partial charge is 0.480 e. The Morgan fingerprint density at radius 2 is 1.83 bits per heavy atom. The molecule has 3 aromatic rings. The van der Waals surface area contributed by atoms with Crippen LogP contribution in [-0.4, -0.2) is 50.6 Å². The molecule has 1 aromatic heterocycles. The van der Waals surface area contributed by atoms with Gasteiger partial charge in [-0.25, -0.2) is 14.8 Å². The molecular weight excluding hydrogens is 488 g/mol. The van der Waals surface area contributed by atoms with Gasteiger partial charge >= 0.3 is 5.97 Å². The summed E-state index contributed by atoms with van der Waals surface area (Å²) in [6.07, 6.45) is 1.65. The molecule has 0 radical (unpaired) electrons. The van der Waals surface area contributed by atoms with Crippen LogP contribution >= 0.6 is 11.6 Å². The van der Waals surface area contributed by atoms with Crippen molar-refractivity contribution in [3.05, 3.63) is 76.2 Å². The summed E-state index contributed by atoms with van der Waals surface area (Å²) in [6.45, 7) is 1.75. The maximum absolute atomic E-state index is 13.0. The summed E-state index contributed by atoms with van der Waals surface area (Å²) in [5.41, 5.74) is 1.68. The Labute approximate surface area is 211 Å². The number of fused-ring (bicyclic) bond motifs is 2. The summed E-state index contributed by atoms with van der Waals surface area (Å²) in [5, 5.41) is 9.93. The zero-order valence-electron chi connectivity index (χ0n) is 19.2. The second kappa shape index (κ2) is 9.46. The van der Waals surface area contributed by atoms with E-state index in [4.69, 9.17) is 21.1 Å². The Bertz CT molecular complexity index is 1350. The lowest BCUT2D eigenvalue weighted by Crippen LogP contribution is -2.42. The molecule has 1 atom stereocenters. The van der Waals surface area contributed by atoms with E-state index in [1.54, 1.807) is 48.2 Å². The number of imide groups is 1. The quantitative estimate of drug-likeness (QED) is 0.359. The highest BCUT2D eigenvalue weighted by Gasteiger charge is 2.37. The molecule has 0 bridgehead atoms. The number of benzene rings is 2. The normalized spacial score (nSPS) is 14.7. The maximum atomic E-state index is 13.0. The minimum absolute atomic E-state index is 0.0623. The number of para-hydroxylation sites is 1. The molecule has 0 fully saturated rings. The molecule has 0 spiro atoms. The van der Waals surface area contributed by atoms with E-state index in [9.17, 15) is 19.5 Å². The van der Waals surface area contributed by atoms with Crippen LogP contribution in [0.15, 0.2) is 48.7 Å². The average Bonchev–Trinajstić information content (AvgIpc) is 3.45. The van der Waals surface area contributed by atoms with Crippen LogP contribution < -0.4 is 14.4 Å². The molecule has 11 heteroatoms. The fourth-order valence-corrected chi connectivity index (χ4v) is 4.58. The third-order valence-corrected chi connectivity index (χ3v) is 6.34. The second-order valence-electron chi connectivity index (χ2n) is 8.27.